The Hall–Kier alpha value is -2.44. The van der Waals surface area contributed by atoms with Gasteiger partial charge in [-0.1, -0.05) is 98.4 Å². The minimum atomic E-state index is 0. The molecule has 0 spiro atoms. The molecule has 0 saturated carbocycles. The quantitative estimate of drug-likeness (QED) is 0.197. The second-order valence-electron chi connectivity index (χ2n) is 16.1. The summed E-state index contributed by atoms with van der Waals surface area (Å²) in [7, 11) is 0. The van der Waals surface area contributed by atoms with Crippen molar-refractivity contribution in [3.8, 4) is 11.1 Å². The molecular formula is C46H54Cl2Zr-2. The van der Waals surface area contributed by atoms with Crippen molar-refractivity contribution in [3.05, 3.63) is 160 Å². The SMILES string of the molecule is CC(C)(C)c1[c-]c2c(cc1)-c1ccc(C(C)(C)C)cc1C2.Cc1ccc[c-]1C(C)(C)C.[Cl-].[Cl-].[Zr+2]=[C](Cc1ccccc1)Cc1ccccc1. The van der Waals surface area contributed by atoms with Crippen LogP contribution in [0.15, 0.2) is 109 Å². The molecule has 1 aliphatic rings. The van der Waals surface area contributed by atoms with E-state index in [1.165, 1.54) is 55.6 Å². The second-order valence-corrected chi connectivity index (χ2v) is 17.9. The van der Waals surface area contributed by atoms with Crippen LogP contribution in [0.2, 0.25) is 0 Å². The third-order valence-electron chi connectivity index (χ3n) is 8.83. The molecule has 0 aromatic heterocycles. The normalized spacial score (nSPS) is 11.8. The molecule has 0 heterocycles. The van der Waals surface area contributed by atoms with Gasteiger partial charge in [-0.25, -0.2) is 12.1 Å². The van der Waals surface area contributed by atoms with Crippen LogP contribution in [0.5, 0.6) is 0 Å². The fourth-order valence-electron chi connectivity index (χ4n) is 6.13. The van der Waals surface area contributed by atoms with Crippen molar-refractivity contribution in [3.63, 3.8) is 0 Å². The third kappa shape index (κ3) is 12.4. The summed E-state index contributed by atoms with van der Waals surface area (Å²) in [4.78, 5) is 0. The van der Waals surface area contributed by atoms with Crippen molar-refractivity contribution < 1.29 is 49.0 Å². The molecule has 0 saturated heterocycles. The molecule has 0 fully saturated rings. The van der Waals surface area contributed by atoms with Crippen LogP contribution in [0.4, 0.5) is 0 Å². The Morgan fingerprint density at radius 1 is 0.653 bits per heavy atom. The third-order valence-corrected chi connectivity index (χ3v) is 9.70. The molecule has 258 valence electrons. The maximum atomic E-state index is 3.67. The van der Waals surface area contributed by atoms with Crippen molar-refractivity contribution in [2.75, 3.05) is 0 Å². The van der Waals surface area contributed by atoms with E-state index in [2.05, 4.69) is 184 Å². The summed E-state index contributed by atoms with van der Waals surface area (Å²) in [5, 5.41) is 0. The van der Waals surface area contributed by atoms with Crippen molar-refractivity contribution in [2.24, 2.45) is 0 Å². The van der Waals surface area contributed by atoms with Crippen LogP contribution in [-0.4, -0.2) is 3.21 Å². The summed E-state index contributed by atoms with van der Waals surface area (Å²) < 4.78 is 1.60. The predicted octanol–water partition coefficient (Wildman–Crippen LogP) is 5.86. The van der Waals surface area contributed by atoms with E-state index in [1.807, 2.05) is 0 Å². The molecule has 6 rings (SSSR count). The van der Waals surface area contributed by atoms with Crippen molar-refractivity contribution in [1.82, 2.24) is 0 Å². The van der Waals surface area contributed by atoms with E-state index in [4.69, 9.17) is 0 Å². The van der Waals surface area contributed by atoms with E-state index < -0.39 is 0 Å². The first-order valence-corrected chi connectivity index (χ1v) is 18.3. The average molecular weight is 769 g/mol. The van der Waals surface area contributed by atoms with Crippen LogP contribution in [0.1, 0.15) is 107 Å². The summed E-state index contributed by atoms with van der Waals surface area (Å²) in [6.07, 6.45) is 3.26. The Morgan fingerprint density at radius 3 is 1.61 bits per heavy atom. The van der Waals surface area contributed by atoms with Crippen LogP contribution in [0.3, 0.4) is 0 Å². The number of rotatable bonds is 4. The van der Waals surface area contributed by atoms with Crippen LogP contribution in [0.25, 0.3) is 11.1 Å². The van der Waals surface area contributed by atoms with Gasteiger partial charge in [0.15, 0.2) is 0 Å². The number of halogens is 2. The van der Waals surface area contributed by atoms with Gasteiger partial charge in [0.2, 0.25) is 0 Å². The van der Waals surface area contributed by atoms with Crippen LogP contribution in [-0.2, 0) is 59.7 Å². The standard InChI is InChI=1S/C21H25.C15H14.C10H15.2ClH.Zr/c1-20(2,3)16-7-9-18-14(12-16)11-15-13-17(21(4,5)6)8-10-19(15)18;1-3-8-14(9-4-1)12-7-13-15-10-5-2-6-11-15;1-8-6-5-7-9(8)10(2,3)4;;;/h7-10,12H,11H2,1-6H3;1-6,8-11H,12-13H2;5-7H,1-4H3;2*1H;/q-1;;-1;;;+2/p-2. The molecule has 49 heavy (non-hydrogen) atoms. The van der Waals surface area contributed by atoms with E-state index in [0.29, 0.717) is 5.41 Å². The summed E-state index contributed by atoms with van der Waals surface area (Å²) in [5.74, 6) is 0. The Labute approximate surface area is 325 Å². The van der Waals surface area contributed by atoms with Crippen LogP contribution < -0.4 is 24.8 Å². The fraction of sp³-hybridized carbons (Fsp3) is 0.348. The molecular weight excluding hydrogens is 715 g/mol. The molecule has 0 amide bonds. The Morgan fingerprint density at radius 2 is 1.18 bits per heavy atom. The predicted molar refractivity (Wildman–Crippen MR) is 202 cm³/mol. The van der Waals surface area contributed by atoms with E-state index in [1.54, 1.807) is 27.4 Å². The number of benzene rings is 4. The van der Waals surface area contributed by atoms with Crippen molar-refractivity contribution in [1.29, 1.82) is 0 Å². The molecule has 1 aliphatic carbocycles. The zero-order valence-corrected chi connectivity index (χ0v) is 35.2. The maximum absolute atomic E-state index is 3.67. The molecule has 3 heteroatoms. The number of aryl methyl sites for hydroxylation is 1. The van der Waals surface area contributed by atoms with Gasteiger partial charge in [0.25, 0.3) is 0 Å². The second kappa shape index (κ2) is 18.2. The van der Waals surface area contributed by atoms with E-state index in [-0.39, 0.29) is 35.6 Å². The van der Waals surface area contributed by atoms with Crippen LogP contribution >= 0.6 is 0 Å². The van der Waals surface area contributed by atoms with Gasteiger partial charge in [0, 0.05) is 0 Å². The van der Waals surface area contributed by atoms with E-state index in [0.717, 1.165) is 19.3 Å². The molecule has 5 aromatic rings. The summed E-state index contributed by atoms with van der Waals surface area (Å²) in [5.41, 5.74) is 14.7. The van der Waals surface area contributed by atoms with Gasteiger partial charge in [-0.05, 0) is 28.4 Å². The molecule has 0 unspecified atom stereocenters. The van der Waals surface area contributed by atoms with Gasteiger partial charge >= 0.3 is 112 Å². The fourth-order valence-corrected chi connectivity index (χ4v) is 7.13. The Balaban J connectivity index is 0.000000265. The molecule has 0 nitrogen and oxygen atoms in total. The van der Waals surface area contributed by atoms with Gasteiger partial charge in [-0.3, -0.25) is 0 Å². The molecule has 0 bridgehead atoms. The van der Waals surface area contributed by atoms with Gasteiger partial charge in [-0.15, -0.1) is 16.7 Å². The van der Waals surface area contributed by atoms with Gasteiger partial charge in [-0.2, -0.15) is 35.4 Å². The molecule has 0 radical (unpaired) electrons. The molecule has 0 N–H and O–H groups in total. The molecule has 0 atom stereocenters. The first-order chi connectivity index (χ1) is 22.0. The molecule has 5 aromatic carbocycles. The molecule has 0 aliphatic heterocycles. The summed E-state index contributed by atoms with van der Waals surface area (Å²) in [6, 6.07) is 43.1. The van der Waals surface area contributed by atoms with Gasteiger partial charge < -0.3 is 24.8 Å². The zero-order chi connectivity index (χ0) is 34.4. The topological polar surface area (TPSA) is 0 Å². The number of hydrogen-bond donors (Lipinski definition) is 0. The summed E-state index contributed by atoms with van der Waals surface area (Å²) in [6.45, 7) is 22.5. The van der Waals surface area contributed by atoms with E-state index >= 15 is 0 Å². The minimum absolute atomic E-state index is 0. The first-order valence-electron chi connectivity index (χ1n) is 17.1. The van der Waals surface area contributed by atoms with Gasteiger partial charge in [0.05, 0.1) is 0 Å². The average Bonchev–Trinajstić information content (AvgIpc) is 3.60. The zero-order valence-electron chi connectivity index (χ0n) is 31.3. The van der Waals surface area contributed by atoms with E-state index in [9.17, 15) is 0 Å². The number of fused-ring (bicyclic) bond motifs is 3. The van der Waals surface area contributed by atoms with Gasteiger partial charge in [0.1, 0.15) is 0 Å². The Bertz CT molecular complexity index is 1650. The monoisotopic (exact) mass is 766 g/mol. The van der Waals surface area contributed by atoms with Crippen molar-refractivity contribution >= 4 is 3.21 Å². The number of hydrogen-bond acceptors (Lipinski definition) is 0. The Kier molecular flexibility index (Phi) is 15.8. The summed E-state index contributed by atoms with van der Waals surface area (Å²) >= 11 is 1.55. The van der Waals surface area contributed by atoms with Crippen molar-refractivity contribution in [2.45, 2.75) is 105 Å². The van der Waals surface area contributed by atoms with Crippen LogP contribution in [0, 0.1) is 13.0 Å². The first kappa shape index (κ1) is 42.7.